The Morgan fingerprint density at radius 1 is 1.21 bits per heavy atom. The van der Waals surface area contributed by atoms with Crippen LogP contribution in [0.25, 0.3) is 11.4 Å². The highest BCUT2D eigenvalue weighted by molar-refractivity contribution is 7.98. The van der Waals surface area contributed by atoms with Gasteiger partial charge in [0.15, 0.2) is 10.6 Å². The molecule has 0 spiro atoms. The van der Waals surface area contributed by atoms with E-state index in [0.717, 1.165) is 17.1 Å². The van der Waals surface area contributed by atoms with Crippen molar-refractivity contribution in [3.05, 3.63) is 69.5 Å². The number of H-pyrrole nitrogens is 1. The number of nitrogens with one attached hydrogen (secondary N) is 2. The van der Waals surface area contributed by atoms with Gasteiger partial charge in [-0.3, -0.25) is 14.5 Å². The minimum absolute atomic E-state index is 0.0938. The number of thioether (sulfide) groups is 1. The molecule has 2 aromatic carbocycles. The van der Waals surface area contributed by atoms with Crippen LogP contribution in [-0.4, -0.2) is 33.0 Å². The summed E-state index contributed by atoms with van der Waals surface area (Å²) in [6.07, 6.45) is 0. The second-order valence-corrected chi connectivity index (χ2v) is 8.26. The Balaban J connectivity index is 1.48. The standard InChI is InChI=1S/C20H21ClN4OS2/c1-14-2-4-15(5-3-14)13-28-11-10-22-18(26)12-25-19(23-24-20(25)27)16-6-8-17(21)9-7-16/h2-9H,10-13H2,1H3,(H,22,26)(H,24,27). The summed E-state index contributed by atoms with van der Waals surface area (Å²) in [4.78, 5) is 12.3. The number of hydrogen-bond donors (Lipinski definition) is 2. The number of benzene rings is 2. The molecule has 0 fully saturated rings. The van der Waals surface area contributed by atoms with Gasteiger partial charge in [-0.15, -0.1) is 0 Å². The molecule has 8 heteroatoms. The summed E-state index contributed by atoms with van der Waals surface area (Å²) in [7, 11) is 0. The van der Waals surface area contributed by atoms with Crippen LogP contribution in [0.1, 0.15) is 11.1 Å². The molecule has 0 radical (unpaired) electrons. The number of nitrogens with zero attached hydrogens (tertiary/aromatic N) is 2. The molecule has 1 amide bonds. The van der Waals surface area contributed by atoms with E-state index in [1.54, 1.807) is 28.5 Å². The van der Waals surface area contributed by atoms with Crippen molar-refractivity contribution >= 4 is 41.5 Å². The lowest BCUT2D eigenvalue weighted by Gasteiger charge is -2.08. The lowest BCUT2D eigenvalue weighted by atomic mass is 10.2. The Bertz CT molecular complexity index is 981. The predicted octanol–water partition coefficient (Wildman–Crippen LogP) is 4.62. The van der Waals surface area contributed by atoms with Crippen LogP contribution in [0.15, 0.2) is 48.5 Å². The smallest absolute Gasteiger partial charge is 0.240 e. The largest absolute Gasteiger partial charge is 0.354 e. The van der Waals surface area contributed by atoms with E-state index in [9.17, 15) is 4.79 Å². The van der Waals surface area contributed by atoms with Gasteiger partial charge in [0.25, 0.3) is 0 Å². The maximum Gasteiger partial charge on any atom is 0.240 e. The molecule has 0 saturated carbocycles. The van der Waals surface area contributed by atoms with Crippen molar-refractivity contribution in [2.75, 3.05) is 12.3 Å². The summed E-state index contributed by atoms with van der Waals surface area (Å²) >= 11 is 13.0. The Labute approximate surface area is 178 Å². The third-order valence-corrected chi connectivity index (χ3v) is 5.71. The number of aryl methyl sites for hydroxylation is 1. The monoisotopic (exact) mass is 432 g/mol. The molecule has 5 nitrogen and oxygen atoms in total. The van der Waals surface area contributed by atoms with Gasteiger partial charge >= 0.3 is 0 Å². The number of carbonyl (C=O) groups is 1. The van der Waals surface area contributed by atoms with E-state index in [0.29, 0.717) is 22.2 Å². The third-order valence-electron chi connectivity index (χ3n) is 4.12. The molecule has 0 saturated heterocycles. The zero-order valence-corrected chi connectivity index (χ0v) is 17.8. The molecule has 1 heterocycles. The molecule has 2 N–H and O–H groups in total. The number of amides is 1. The number of aromatic nitrogens is 3. The van der Waals surface area contributed by atoms with Crippen molar-refractivity contribution in [2.24, 2.45) is 0 Å². The average Bonchev–Trinajstić information content (AvgIpc) is 3.04. The number of carbonyl (C=O) groups excluding carboxylic acids is 1. The van der Waals surface area contributed by atoms with Gasteiger partial charge in [-0.05, 0) is 49.0 Å². The van der Waals surface area contributed by atoms with Gasteiger partial charge < -0.3 is 5.32 Å². The van der Waals surface area contributed by atoms with Crippen molar-refractivity contribution in [3.63, 3.8) is 0 Å². The Kier molecular flexibility index (Phi) is 7.30. The molecule has 28 heavy (non-hydrogen) atoms. The summed E-state index contributed by atoms with van der Waals surface area (Å²) in [6, 6.07) is 15.8. The van der Waals surface area contributed by atoms with E-state index in [-0.39, 0.29) is 12.5 Å². The van der Waals surface area contributed by atoms with Crippen LogP contribution in [0, 0.1) is 11.7 Å². The zero-order valence-electron chi connectivity index (χ0n) is 15.4. The van der Waals surface area contributed by atoms with Crippen LogP contribution in [0.5, 0.6) is 0 Å². The van der Waals surface area contributed by atoms with Crippen LogP contribution < -0.4 is 5.32 Å². The van der Waals surface area contributed by atoms with E-state index in [1.165, 1.54) is 11.1 Å². The molecular formula is C20H21ClN4OS2. The summed E-state index contributed by atoms with van der Waals surface area (Å²) < 4.78 is 2.10. The van der Waals surface area contributed by atoms with Gasteiger partial charge in [0, 0.05) is 28.6 Å². The van der Waals surface area contributed by atoms with Crippen molar-refractivity contribution < 1.29 is 4.79 Å². The summed E-state index contributed by atoms with van der Waals surface area (Å²) in [6.45, 7) is 2.81. The van der Waals surface area contributed by atoms with Gasteiger partial charge in [-0.1, -0.05) is 41.4 Å². The first-order valence-corrected chi connectivity index (χ1v) is 10.8. The van der Waals surface area contributed by atoms with E-state index in [2.05, 4.69) is 46.7 Å². The fraction of sp³-hybridized carbons (Fsp3) is 0.250. The van der Waals surface area contributed by atoms with Gasteiger partial charge in [0.2, 0.25) is 5.91 Å². The summed E-state index contributed by atoms with van der Waals surface area (Å²) in [5, 5.41) is 10.6. The molecule has 0 unspecified atom stereocenters. The second kappa shape index (κ2) is 9.91. The maximum absolute atomic E-state index is 12.3. The van der Waals surface area contributed by atoms with Crippen molar-refractivity contribution in [1.29, 1.82) is 0 Å². The SMILES string of the molecule is Cc1ccc(CSCCNC(=O)Cn2c(-c3ccc(Cl)cc3)n[nH]c2=S)cc1. The van der Waals surface area contributed by atoms with Gasteiger partial charge in [-0.2, -0.15) is 16.9 Å². The minimum atomic E-state index is -0.0938. The molecule has 1 aromatic heterocycles. The van der Waals surface area contributed by atoms with Crippen LogP contribution in [-0.2, 0) is 17.1 Å². The molecule has 0 aliphatic rings. The summed E-state index contributed by atoms with van der Waals surface area (Å²) in [5.41, 5.74) is 3.40. The first kappa shape index (κ1) is 20.6. The minimum Gasteiger partial charge on any atom is -0.354 e. The van der Waals surface area contributed by atoms with E-state index < -0.39 is 0 Å². The van der Waals surface area contributed by atoms with Crippen molar-refractivity contribution in [1.82, 2.24) is 20.1 Å². The fourth-order valence-corrected chi connectivity index (χ4v) is 3.76. The Morgan fingerprint density at radius 3 is 2.64 bits per heavy atom. The molecule has 0 aliphatic heterocycles. The number of aromatic amines is 1. The van der Waals surface area contributed by atoms with Crippen LogP contribution >= 0.6 is 35.6 Å². The van der Waals surface area contributed by atoms with Crippen LogP contribution in [0.3, 0.4) is 0 Å². The molecule has 0 bridgehead atoms. The lowest BCUT2D eigenvalue weighted by Crippen LogP contribution is -2.29. The fourth-order valence-electron chi connectivity index (χ4n) is 2.62. The number of hydrogen-bond acceptors (Lipinski definition) is 4. The summed E-state index contributed by atoms with van der Waals surface area (Å²) in [5.74, 6) is 2.30. The highest BCUT2D eigenvalue weighted by atomic mass is 35.5. The molecule has 3 aromatic rings. The highest BCUT2D eigenvalue weighted by Gasteiger charge is 2.12. The average molecular weight is 433 g/mol. The van der Waals surface area contributed by atoms with Crippen LogP contribution in [0.2, 0.25) is 5.02 Å². The van der Waals surface area contributed by atoms with Crippen molar-refractivity contribution in [2.45, 2.75) is 19.2 Å². The lowest BCUT2D eigenvalue weighted by molar-refractivity contribution is -0.121. The van der Waals surface area contributed by atoms with Gasteiger partial charge in [0.05, 0.1) is 0 Å². The quantitative estimate of drug-likeness (QED) is 0.402. The first-order valence-electron chi connectivity index (χ1n) is 8.84. The third kappa shape index (κ3) is 5.70. The normalized spacial score (nSPS) is 10.8. The maximum atomic E-state index is 12.3. The molecule has 0 aliphatic carbocycles. The molecule has 0 atom stereocenters. The van der Waals surface area contributed by atoms with Gasteiger partial charge in [0.1, 0.15) is 6.54 Å². The van der Waals surface area contributed by atoms with E-state index in [1.807, 2.05) is 12.1 Å². The van der Waals surface area contributed by atoms with E-state index in [4.69, 9.17) is 23.8 Å². The van der Waals surface area contributed by atoms with Crippen molar-refractivity contribution in [3.8, 4) is 11.4 Å². The van der Waals surface area contributed by atoms with Crippen LogP contribution in [0.4, 0.5) is 0 Å². The van der Waals surface area contributed by atoms with Gasteiger partial charge in [-0.25, -0.2) is 0 Å². The highest BCUT2D eigenvalue weighted by Crippen LogP contribution is 2.20. The molecule has 3 rings (SSSR count). The van der Waals surface area contributed by atoms with E-state index >= 15 is 0 Å². The Morgan fingerprint density at radius 2 is 1.93 bits per heavy atom. The number of rotatable bonds is 8. The first-order chi connectivity index (χ1) is 13.5. The number of halogens is 1. The molecular weight excluding hydrogens is 412 g/mol. The second-order valence-electron chi connectivity index (χ2n) is 6.33. The Hall–Kier alpha value is -2.09. The topological polar surface area (TPSA) is 62.7 Å². The predicted molar refractivity (Wildman–Crippen MR) is 118 cm³/mol. The zero-order chi connectivity index (χ0) is 19.9. The molecule has 146 valence electrons.